The zero-order valence-corrected chi connectivity index (χ0v) is 12.0. The first-order valence-electron chi connectivity index (χ1n) is 7.08. The summed E-state index contributed by atoms with van der Waals surface area (Å²) in [5.41, 5.74) is 0. The highest BCUT2D eigenvalue weighted by Crippen LogP contribution is 2.30. The molecule has 1 heterocycles. The fraction of sp³-hybridized carbons (Fsp3) is 0.467. The Morgan fingerprint density at radius 1 is 1.15 bits per heavy atom. The highest BCUT2D eigenvalue weighted by atomic mass is 35.5. The first-order valence-corrected chi connectivity index (χ1v) is 7.45. The number of benzene rings is 1. The molecule has 1 fully saturated rings. The van der Waals surface area contributed by atoms with E-state index in [1.807, 2.05) is 24.3 Å². The number of fused-ring (bicyclic) bond motifs is 1. The Labute approximate surface area is 123 Å². The van der Waals surface area contributed by atoms with Crippen LogP contribution in [0.2, 0.25) is 5.15 Å². The molecule has 2 atom stereocenters. The summed E-state index contributed by atoms with van der Waals surface area (Å²) in [6.07, 6.45) is 4.50. The van der Waals surface area contributed by atoms with E-state index in [1.54, 1.807) is 0 Å². The molecule has 0 amide bonds. The van der Waals surface area contributed by atoms with Gasteiger partial charge < -0.3 is 10.4 Å². The lowest BCUT2D eigenvalue weighted by molar-refractivity contribution is 0.178. The maximum absolute atomic E-state index is 9.50. The molecule has 2 unspecified atom stereocenters. The van der Waals surface area contributed by atoms with E-state index < -0.39 is 0 Å². The van der Waals surface area contributed by atoms with Crippen molar-refractivity contribution in [3.8, 4) is 0 Å². The van der Waals surface area contributed by atoms with Crippen LogP contribution in [0, 0.1) is 5.92 Å². The van der Waals surface area contributed by atoms with Crippen LogP contribution in [-0.2, 0) is 0 Å². The minimum atomic E-state index is 0.219. The summed E-state index contributed by atoms with van der Waals surface area (Å²) < 4.78 is 0. The third-order valence-corrected chi connectivity index (χ3v) is 4.39. The molecule has 4 nitrogen and oxygen atoms in total. The van der Waals surface area contributed by atoms with E-state index >= 15 is 0 Å². The summed E-state index contributed by atoms with van der Waals surface area (Å²) >= 11 is 6.09. The van der Waals surface area contributed by atoms with Gasteiger partial charge in [0.25, 0.3) is 0 Å². The molecular weight excluding hydrogens is 274 g/mol. The molecule has 2 N–H and O–H groups in total. The van der Waals surface area contributed by atoms with Crippen molar-refractivity contribution in [3.05, 3.63) is 29.4 Å². The van der Waals surface area contributed by atoms with Crippen LogP contribution in [0.1, 0.15) is 25.7 Å². The van der Waals surface area contributed by atoms with E-state index in [4.69, 9.17) is 11.6 Å². The van der Waals surface area contributed by atoms with E-state index in [-0.39, 0.29) is 12.6 Å². The zero-order chi connectivity index (χ0) is 13.9. The van der Waals surface area contributed by atoms with Crippen molar-refractivity contribution in [2.24, 2.45) is 5.92 Å². The van der Waals surface area contributed by atoms with Crippen LogP contribution in [0.4, 0.5) is 5.82 Å². The monoisotopic (exact) mass is 291 g/mol. The van der Waals surface area contributed by atoms with Gasteiger partial charge in [-0.05, 0) is 12.8 Å². The summed E-state index contributed by atoms with van der Waals surface area (Å²) in [5, 5.41) is 23.5. The smallest absolute Gasteiger partial charge is 0.159 e. The summed E-state index contributed by atoms with van der Waals surface area (Å²) in [7, 11) is 0. The van der Waals surface area contributed by atoms with Crippen molar-refractivity contribution in [2.75, 3.05) is 11.9 Å². The van der Waals surface area contributed by atoms with Crippen LogP contribution < -0.4 is 5.32 Å². The Bertz CT molecular complexity index is 605. The average molecular weight is 292 g/mol. The third-order valence-electron chi connectivity index (χ3n) is 4.11. The van der Waals surface area contributed by atoms with Crippen LogP contribution in [0.15, 0.2) is 24.3 Å². The molecule has 1 saturated carbocycles. The second-order valence-electron chi connectivity index (χ2n) is 5.36. The van der Waals surface area contributed by atoms with E-state index in [0.717, 1.165) is 29.4 Å². The van der Waals surface area contributed by atoms with Crippen molar-refractivity contribution >= 4 is 28.2 Å². The number of aromatic nitrogens is 2. The Morgan fingerprint density at radius 2 is 1.90 bits per heavy atom. The molecule has 2 aromatic rings. The third kappa shape index (κ3) is 2.58. The maximum Gasteiger partial charge on any atom is 0.159 e. The minimum Gasteiger partial charge on any atom is -0.396 e. The van der Waals surface area contributed by atoms with Gasteiger partial charge in [0.2, 0.25) is 0 Å². The predicted molar refractivity (Wildman–Crippen MR) is 81.0 cm³/mol. The molecule has 1 aromatic heterocycles. The summed E-state index contributed by atoms with van der Waals surface area (Å²) in [5.74, 6) is 1.05. The molecular formula is C15H18ClN3O. The largest absolute Gasteiger partial charge is 0.396 e. The number of nitrogens with one attached hydrogen (secondary N) is 1. The number of halogens is 1. The molecule has 1 aliphatic carbocycles. The van der Waals surface area contributed by atoms with Gasteiger partial charge >= 0.3 is 0 Å². The van der Waals surface area contributed by atoms with Crippen molar-refractivity contribution in [1.29, 1.82) is 0 Å². The van der Waals surface area contributed by atoms with Gasteiger partial charge in [0, 0.05) is 29.3 Å². The van der Waals surface area contributed by atoms with Crippen molar-refractivity contribution in [3.63, 3.8) is 0 Å². The lowest BCUT2D eigenvalue weighted by Crippen LogP contribution is -2.34. The Morgan fingerprint density at radius 3 is 2.70 bits per heavy atom. The van der Waals surface area contributed by atoms with Crippen LogP contribution in [-0.4, -0.2) is 28.0 Å². The normalized spacial score (nSPS) is 22.9. The zero-order valence-electron chi connectivity index (χ0n) is 11.2. The second-order valence-corrected chi connectivity index (χ2v) is 5.72. The molecule has 106 valence electrons. The topological polar surface area (TPSA) is 58.0 Å². The van der Waals surface area contributed by atoms with Gasteiger partial charge in [-0.25, -0.2) is 0 Å². The van der Waals surface area contributed by atoms with E-state index in [1.165, 1.54) is 12.8 Å². The summed E-state index contributed by atoms with van der Waals surface area (Å²) in [6, 6.07) is 8.11. The van der Waals surface area contributed by atoms with Gasteiger partial charge in [0.05, 0.1) is 0 Å². The molecule has 5 heteroatoms. The van der Waals surface area contributed by atoms with Crippen LogP contribution in [0.3, 0.4) is 0 Å². The number of aliphatic hydroxyl groups is 1. The minimum absolute atomic E-state index is 0.219. The number of anilines is 1. The summed E-state index contributed by atoms with van der Waals surface area (Å²) in [6.45, 7) is 0.219. The number of hydrogen-bond acceptors (Lipinski definition) is 4. The van der Waals surface area contributed by atoms with Gasteiger partial charge in [-0.2, -0.15) is 0 Å². The van der Waals surface area contributed by atoms with Gasteiger partial charge in [-0.1, -0.05) is 48.7 Å². The van der Waals surface area contributed by atoms with Gasteiger partial charge in [0.1, 0.15) is 0 Å². The highest BCUT2D eigenvalue weighted by molar-refractivity contribution is 6.34. The van der Waals surface area contributed by atoms with E-state index in [9.17, 15) is 5.11 Å². The van der Waals surface area contributed by atoms with Crippen molar-refractivity contribution in [1.82, 2.24) is 10.2 Å². The second kappa shape index (κ2) is 5.94. The fourth-order valence-corrected chi connectivity index (χ4v) is 3.17. The lowest BCUT2D eigenvalue weighted by atomic mass is 9.85. The molecule has 0 spiro atoms. The first kappa shape index (κ1) is 13.6. The molecule has 0 saturated heterocycles. The van der Waals surface area contributed by atoms with Gasteiger partial charge in [0.15, 0.2) is 11.0 Å². The molecule has 1 aliphatic rings. The number of aliphatic hydroxyl groups excluding tert-OH is 1. The van der Waals surface area contributed by atoms with Crippen molar-refractivity contribution < 1.29 is 5.11 Å². The van der Waals surface area contributed by atoms with Gasteiger partial charge in [-0.15, -0.1) is 10.2 Å². The molecule has 3 rings (SSSR count). The van der Waals surface area contributed by atoms with E-state index in [0.29, 0.717) is 11.1 Å². The molecule has 0 radical (unpaired) electrons. The number of hydrogen-bond donors (Lipinski definition) is 2. The fourth-order valence-electron chi connectivity index (χ4n) is 2.97. The number of rotatable bonds is 3. The first-order chi connectivity index (χ1) is 9.79. The Kier molecular flexibility index (Phi) is 4.03. The highest BCUT2D eigenvalue weighted by Gasteiger charge is 2.25. The Hall–Kier alpha value is -1.39. The standard InChI is InChI=1S/C15H18ClN3O/c16-14-11-6-2-3-7-12(11)15(19-18-14)17-13-8-4-1-5-10(13)9-20/h2-3,6-7,10,13,20H,1,4-5,8-9H2,(H,17,19). The number of nitrogens with zero attached hydrogens (tertiary/aromatic N) is 2. The summed E-state index contributed by atoms with van der Waals surface area (Å²) in [4.78, 5) is 0. The maximum atomic E-state index is 9.50. The Balaban J connectivity index is 1.92. The SMILES string of the molecule is OCC1CCCCC1Nc1nnc(Cl)c2ccccc12. The molecule has 20 heavy (non-hydrogen) atoms. The van der Waals surface area contributed by atoms with Crippen molar-refractivity contribution in [2.45, 2.75) is 31.7 Å². The average Bonchev–Trinajstić information content (AvgIpc) is 2.51. The van der Waals surface area contributed by atoms with Gasteiger partial charge in [-0.3, -0.25) is 0 Å². The quantitative estimate of drug-likeness (QED) is 0.911. The molecule has 0 bridgehead atoms. The van der Waals surface area contributed by atoms with E-state index in [2.05, 4.69) is 15.5 Å². The molecule has 0 aliphatic heterocycles. The molecule has 1 aromatic carbocycles. The lowest BCUT2D eigenvalue weighted by Gasteiger charge is -2.31. The van der Waals surface area contributed by atoms with Crippen LogP contribution in [0.5, 0.6) is 0 Å². The predicted octanol–water partition coefficient (Wildman–Crippen LogP) is 3.25. The van der Waals surface area contributed by atoms with Crippen LogP contribution in [0.25, 0.3) is 10.8 Å². The van der Waals surface area contributed by atoms with Crippen LogP contribution >= 0.6 is 11.6 Å².